The van der Waals surface area contributed by atoms with E-state index in [2.05, 4.69) is 35.5 Å². The SMILES string of the molecule is C1=CCCC(C2C=NC=CC2)=C1. The lowest BCUT2D eigenvalue weighted by molar-refractivity contribution is 0.755. The van der Waals surface area contributed by atoms with E-state index in [4.69, 9.17) is 0 Å². The molecule has 1 aliphatic carbocycles. The second-order valence-corrected chi connectivity index (χ2v) is 3.23. The number of nitrogens with zero attached hydrogens (tertiary/aromatic N) is 1. The lowest BCUT2D eigenvalue weighted by Crippen LogP contribution is -2.08. The van der Waals surface area contributed by atoms with Gasteiger partial charge in [0.25, 0.3) is 0 Å². The molecule has 0 aromatic rings. The fourth-order valence-corrected chi connectivity index (χ4v) is 1.66. The second-order valence-electron chi connectivity index (χ2n) is 3.23. The molecule has 0 aromatic heterocycles. The molecule has 0 amide bonds. The maximum Gasteiger partial charge on any atom is 0.0224 e. The summed E-state index contributed by atoms with van der Waals surface area (Å²) in [6.45, 7) is 0. The zero-order valence-electron chi connectivity index (χ0n) is 7.11. The third-order valence-corrected chi connectivity index (χ3v) is 2.37. The molecule has 0 fully saturated rings. The molecule has 1 atom stereocenters. The van der Waals surface area contributed by atoms with E-state index in [1.165, 1.54) is 18.4 Å². The number of rotatable bonds is 1. The molecule has 2 aliphatic rings. The molecular weight excluding hydrogens is 146 g/mol. The van der Waals surface area contributed by atoms with E-state index in [0.717, 1.165) is 6.42 Å². The Morgan fingerprint density at radius 3 is 3.00 bits per heavy atom. The molecule has 0 saturated heterocycles. The molecule has 62 valence electrons. The van der Waals surface area contributed by atoms with E-state index < -0.39 is 0 Å². The quantitative estimate of drug-likeness (QED) is 0.558. The third-order valence-electron chi connectivity index (χ3n) is 2.37. The monoisotopic (exact) mass is 159 g/mol. The van der Waals surface area contributed by atoms with E-state index in [0.29, 0.717) is 5.92 Å². The van der Waals surface area contributed by atoms with Crippen LogP contribution in [0.5, 0.6) is 0 Å². The van der Waals surface area contributed by atoms with Gasteiger partial charge in [-0.05, 0) is 19.3 Å². The van der Waals surface area contributed by atoms with Crippen LogP contribution in [-0.4, -0.2) is 6.21 Å². The van der Waals surface area contributed by atoms with Crippen LogP contribution in [-0.2, 0) is 0 Å². The van der Waals surface area contributed by atoms with Gasteiger partial charge in [0.05, 0.1) is 0 Å². The van der Waals surface area contributed by atoms with Gasteiger partial charge in [-0.2, -0.15) is 0 Å². The van der Waals surface area contributed by atoms with Crippen molar-refractivity contribution in [3.8, 4) is 0 Å². The molecule has 0 spiro atoms. The van der Waals surface area contributed by atoms with Crippen molar-refractivity contribution in [3.05, 3.63) is 36.1 Å². The Morgan fingerprint density at radius 1 is 1.33 bits per heavy atom. The summed E-state index contributed by atoms with van der Waals surface area (Å²) in [4.78, 5) is 4.16. The van der Waals surface area contributed by atoms with Crippen molar-refractivity contribution in [1.29, 1.82) is 0 Å². The van der Waals surface area contributed by atoms with Crippen molar-refractivity contribution in [2.24, 2.45) is 10.9 Å². The second kappa shape index (κ2) is 3.53. The highest BCUT2D eigenvalue weighted by Crippen LogP contribution is 2.23. The number of hydrogen-bond acceptors (Lipinski definition) is 1. The van der Waals surface area contributed by atoms with Crippen LogP contribution >= 0.6 is 0 Å². The fraction of sp³-hybridized carbons (Fsp3) is 0.364. The summed E-state index contributed by atoms with van der Waals surface area (Å²) < 4.78 is 0. The van der Waals surface area contributed by atoms with Gasteiger partial charge < -0.3 is 0 Å². The number of aliphatic imine (C=N–C) groups is 1. The lowest BCUT2D eigenvalue weighted by Gasteiger charge is -2.17. The van der Waals surface area contributed by atoms with Crippen LogP contribution in [0.25, 0.3) is 0 Å². The summed E-state index contributed by atoms with van der Waals surface area (Å²) in [5.74, 6) is 0.569. The average molecular weight is 159 g/mol. The fourth-order valence-electron chi connectivity index (χ4n) is 1.66. The van der Waals surface area contributed by atoms with Crippen LogP contribution in [0, 0.1) is 5.92 Å². The standard InChI is InChI=1S/C11H13N/c1-2-5-10(6-3-1)11-7-4-8-12-9-11/h1-2,4-5,8-9,11H,3,6-7H2. The molecule has 2 rings (SSSR count). The first-order valence-electron chi connectivity index (χ1n) is 4.51. The van der Waals surface area contributed by atoms with Crippen LogP contribution in [0.15, 0.2) is 41.1 Å². The van der Waals surface area contributed by atoms with Crippen LogP contribution < -0.4 is 0 Å². The zero-order valence-corrected chi connectivity index (χ0v) is 7.11. The van der Waals surface area contributed by atoms with Crippen LogP contribution in [0.4, 0.5) is 0 Å². The summed E-state index contributed by atoms with van der Waals surface area (Å²) in [6, 6.07) is 0. The molecule has 12 heavy (non-hydrogen) atoms. The molecule has 1 heterocycles. The van der Waals surface area contributed by atoms with E-state index in [1.807, 2.05) is 6.20 Å². The van der Waals surface area contributed by atoms with Gasteiger partial charge in [-0.1, -0.05) is 29.9 Å². The first-order chi connectivity index (χ1) is 5.97. The van der Waals surface area contributed by atoms with Crippen molar-refractivity contribution in [1.82, 2.24) is 0 Å². The maximum atomic E-state index is 4.16. The van der Waals surface area contributed by atoms with Gasteiger partial charge in [-0.3, -0.25) is 4.99 Å². The van der Waals surface area contributed by atoms with Gasteiger partial charge >= 0.3 is 0 Å². The van der Waals surface area contributed by atoms with E-state index in [9.17, 15) is 0 Å². The number of hydrogen-bond donors (Lipinski definition) is 0. The predicted molar refractivity (Wildman–Crippen MR) is 52.2 cm³/mol. The van der Waals surface area contributed by atoms with Crippen molar-refractivity contribution in [2.75, 3.05) is 0 Å². The Balaban J connectivity index is 2.09. The van der Waals surface area contributed by atoms with E-state index in [1.54, 1.807) is 0 Å². The largest absolute Gasteiger partial charge is 0.269 e. The highest BCUT2D eigenvalue weighted by atomic mass is 14.7. The molecule has 0 radical (unpaired) electrons. The topological polar surface area (TPSA) is 12.4 Å². The Bertz CT molecular complexity index is 269. The lowest BCUT2D eigenvalue weighted by atomic mass is 9.90. The Kier molecular flexibility index (Phi) is 2.21. The summed E-state index contributed by atoms with van der Waals surface area (Å²) >= 11 is 0. The summed E-state index contributed by atoms with van der Waals surface area (Å²) in [5.41, 5.74) is 1.53. The molecule has 1 aliphatic heterocycles. The summed E-state index contributed by atoms with van der Waals surface area (Å²) in [7, 11) is 0. The molecule has 0 saturated carbocycles. The summed E-state index contributed by atoms with van der Waals surface area (Å²) in [6.07, 6.45) is 16.2. The van der Waals surface area contributed by atoms with Crippen LogP contribution in [0.3, 0.4) is 0 Å². The zero-order chi connectivity index (χ0) is 8.23. The summed E-state index contributed by atoms with van der Waals surface area (Å²) in [5, 5.41) is 0. The molecular formula is C11H13N. The van der Waals surface area contributed by atoms with Crippen LogP contribution in [0.1, 0.15) is 19.3 Å². The van der Waals surface area contributed by atoms with Crippen molar-refractivity contribution >= 4 is 6.21 Å². The van der Waals surface area contributed by atoms with Gasteiger partial charge in [0.2, 0.25) is 0 Å². The third kappa shape index (κ3) is 1.55. The Hall–Kier alpha value is -1.11. The normalized spacial score (nSPS) is 27.3. The van der Waals surface area contributed by atoms with Crippen molar-refractivity contribution < 1.29 is 0 Å². The van der Waals surface area contributed by atoms with Gasteiger partial charge in [-0.25, -0.2) is 0 Å². The Labute approximate surface area is 73.2 Å². The van der Waals surface area contributed by atoms with Gasteiger partial charge in [-0.15, -0.1) is 0 Å². The van der Waals surface area contributed by atoms with E-state index in [-0.39, 0.29) is 0 Å². The molecule has 1 nitrogen and oxygen atoms in total. The Morgan fingerprint density at radius 2 is 2.33 bits per heavy atom. The van der Waals surface area contributed by atoms with E-state index >= 15 is 0 Å². The minimum atomic E-state index is 0.569. The number of allylic oxidation sites excluding steroid dienone is 5. The molecule has 1 heteroatoms. The van der Waals surface area contributed by atoms with Gasteiger partial charge in [0.15, 0.2) is 0 Å². The molecule has 0 aromatic carbocycles. The average Bonchev–Trinajstić information content (AvgIpc) is 2.21. The first kappa shape index (κ1) is 7.53. The van der Waals surface area contributed by atoms with Crippen LogP contribution in [0.2, 0.25) is 0 Å². The molecule has 1 unspecified atom stereocenters. The van der Waals surface area contributed by atoms with Crippen molar-refractivity contribution in [3.63, 3.8) is 0 Å². The van der Waals surface area contributed by atoms with Gasteiger partial charge in [0, 0.05) is 18.3 Å². The smallest absolute Gasteiger partial charge is 0.0224 e. The van der Waals surface area contributed by atoms with Gasteiger partial charge in [0.1, 0.15) is 0 Å². The highest BCUT2D eigenvalue weighted by molar-refractivity contribution is 5.67. The minimum Gasteiger partial charge on any atom is -0.269 e. The molecule has 0 bridgehead atoms. The maximum absolute atomic E-state index is 4.16. The van der Waals surface area contributed by atoms with Crippen molar-refractivity contribution in [2.45, 2.75) is 19.3 Å². The first-order valence-corrected chi connectivity index (χ1v) is 4.51. The minimum absolute atomic E-state index is 0.569. The highest BCUT2D eigenvalue weighted by Gasteiger charge is 2.12. The predicted octanol–water partition coefficient (Wildman–Crippen LogP) is 2.87. The molecule has 0 N–H and O–H groups in total.